The van der Waals surface area contributed by atoms with Gasteiger partial charge in [0.15, 0.2) is 0 Å². The highest BCUT2D eigenvalue weighted by Gasteiger charge is 2.25. The monoisotopic (exact) mass is 371 g/mol. The normalized spacial score (nSPS) is 14.2. The molecule has 1 aliphatic rings. The largest absolute Gasteiger partial charge is 0.467 e. The predicted molar refractivity (Wildman–Crippen MR) is 96.6 cm³/mol. The number of ether oxygens (including phenoxy) is 1. The summed E-state index contributed by atoms with van der Waals surface area (Å²) in [7, 11) is 1.58. The van der Waals surface area contributed by atoms with Crippen LogP contribution < -0.4 is 10.4 Å². The van der Waals surface area contributed by atoms with Gasteiger partial charge in [0.1, 0.15) is 5.76 Å². The van der Waals surface area contributed by atoms with Gasteiger partial charge in [-0.25, -0.2) is 5.01 Å². The van der Waals surface area contributed by atoms with Crippen molar-refractivity contribution in [2.24, 2.45) is 0 Å². The van der Waals surface area contributed by atoms with E-state index in [2.05, 4.69) is 5.43 Å². The molecule has 1 N–H and O–H groups in total. The van der Waals surface area contributed by atoms with E-state index in [-0.39, 0.29) is 30.6 Å². The molecule has 0 aliphatic carbocycles. The highest BCUT2D eigenvalue weighted by Crippen LogP contribution is 2.19. The minimum absolute atomic E-state index is 0.167. The van der Waals surface area contributed by atoms with Crippen molar-refractivity contribution in [2.75, 3.05) is 25.3 Å². The first-order valence-electron chi connectivity index (χ1n) is 8.61. The van der Waals surface area contributed by atoms with Gasteiger partial charge in [-0.05, 0) is 36.4 Å². The van der Waals surface area contributed by atoms with Crippen molar-refractivity contribution in [3.05, 3.63) is 54.0 Å². The van der Waals surface area contributed by atoms with Crippen LogP contribution in [0.25, 0.3) is 0 Å². The second kappa shape index (κ2) is 8.50. The van der Waals surface area contributed by atoms with Crippen molar-refractivity contribution in [3.63, 3.8) is 0 Å². The van der Waals surface area contributed by atoms with Crippen LogP contribution in [0.4, 0.5) is 5.69 Å². The summed E-state index contributed by atoms with van der Waals surface area (Å²) in [6.45, 7) is 1.15. The molecule has 8 nitrogen and oxygen atoms in total. The number of anilines is 1. The molecule has 0 atom stereocenters. The first-order valence-corrected chi connectivity index (χ1v) is 8.61. The van der Waals surface area contributed by atoms with Crippen LogP contribution in [0.1, 0.15) is 29.0 Å². The molecule has 8 heteroatoms. The Balaban J connectivity index is 1.74. The number of furan rings is 1. The second-order valence-electron chi connectivity index (χ2n) is 6.11. The third-order valence-electron chi connectivity index (χ3n) is 4.20. The lowest BCUT2D eigenvalue weighted by Gasteiger charge is -2.27. The number of methoxy groups -OCH3 is 1. The van der Waals surface area contributed by atoms with Crippen molar-refractivity contribution in [1.29, 1.82) is 0 Å². The highest BCUT2D eigenvalue weighted by molar-refractivity contribution is 6.01. The van der Waals surface area contributed by atoms with E-state index >= 15 is 0 Å². The minimum atomic E-state index is -0.209. The Kier molecular flexibility index (Phi) is 5.87. The summed E-state index contributed by atoms with van der Waals surface area (Å²) in [5, 5.41) is 1.21. The van der Waals surface area contributed by atoms with Crippen LogP contribution in [0.15, 0.2) is 47.1 Å². The second-order valence-corrected chi connectivity index (χ2v) is 6.11. The molecule has 1 fully saturated rings. The molecular weight excluding hydrogens is 350 g/mol. The maximum absolute atomic E-state index is 12.9. The molecule has 0 saturated carbocycles. The fourth-order valence-corrected chi connectivity index (χ4v) is 2.76. The molecule has 0 unspecified atom stereocenters. The van der Waals surface area contributed by atoms with E-state index in [0.717, 1.165) is 0 Å². The van der Waals surface area contributed by atoms with E-state index in [1.165, 1.54) is 5.01 Å². The lowest BCUT2D eigenvalue weighted by Crippen LogP contribution is -2.50. The van der Waals surface area contributed by atoms with E-state index in [0.29, 0.717) is 36.7 Å². The Labute approximate surface area is 156 Å². The Bertz CT molecular complexity index is 801. The van der Waals surface area contributed by atoms with Crippen LogP contribution >= 0.6 is 0 Å². The van der Waals surface area contributed by atoms with E-state index < -0.39 is 0 Å². The number of amides is 3. The molecule has 2 heterocycles. The lowest BCUT2D eigenvalue weighted by molar-refractivity contribution is -0.130. The summed E-state index contributed by atoms with van der Waals surface area (Å²) in [6, 6.07) is 10.1. The topological polar surface area (TPSA) is 92.1 Å². The lowest BCUT2D eigenvalue weighted by atomic mass is 10.1. The van der Waals surface area contributed by atoms with Gasteiger partial charge in [0.2, 0.25) is 11.8 Å². The van der Waals surface area contributed by atoms with Crippen LogP contribution in [0.5, 0.6) is 0 Å². The predicted octanol–water partition coefficient (Wildman–Crippen LogP) is 1.73. The van der Waals surface area contributed by atoms with Crippen LogP contribution in [0.2, 0.25) is 0 Å². The van der Waals surface area contributed by atoms with Crippen molar-refractivity contribution < 1.29 is 23.5 Å². The van der Waals surface area contributed by atoms with Crippen LogP contribution in [0.3, 0.4) is 0 Å². The number of hydrogen-bond donors (Lipinski definition) is 1. The molecule has 1 aromatic carbocycles. The number of hydrazine groups is 1. The van der Waals surface area contributed by atoms with Gasteiger partial charge in [0.25, 0.3) is 5.91 Å². The molecule has 0 radical (unpaired) electrons. The molecule has 3 rings (SSSR count). The SMILES string of the molecule is COCCN(Cc1ccco1)C(=O)c1ccc(N2NC(=O)CCC2=O)cc1. The number of nitrogens with zero attached hydrogens (tertiary/aromatic N) is 2. The number of nitrogens with one attached hydrogen (secondary N) is 1. The van der Waals surface area contributed by atoms with E-state index in [9.17, 15) is 14.4 Å². The van der Waals surface area contributed by atoms with Crippen molar-refractivity contribution >= 4 is 23.4 Å². The van der Waals surface area contributed by atoms with Gasteiger partial charge in [0.05, 0.1) is 25.1 Å². The van der Waals surface area contributed by atoms with E-state index in [1.807, 2.05) is 0 Å². The van der Waals surface area contributed by atoms with Gasteiger partial charge in [-0.15, -0.1) is 0 Å². The Morgan fingerprint density at radius 2 is 2.00 bits per heavy atom. The zero-order chi connectivity index (χ0) is 19.2. The Morgan fingerprint density at radius 3 is 2.67 bits per heavy atom. The third kappa shape index (κ3) is 4.53. The standard InChI is InChI=1S/C19H21N3O5/c1-26-12-10-21(13-16-3-2-11-27-16)19(25)14-4-6-15(7-5-14)22-18(24)9-8-17(23)20-22/h2-7,11H,8-10,12-13H2,1H3,(H,20,23). The average molecular weight is 371 g/mol. The molecule has 27 heavy (non-hydrogen) atoms. The molecule has 1 aliphatic heterocycles. The summed E-state index contributed by atoms with van der Waals surface area (Å²) in [4.78, 5) is 38.0. The molecule has 1 saturated heterocycles. The highest BCUT2D eigenvalue weighted by atomic mass is 16.5. The molecule has 142 valence electrons. The van der Waals surface area contributed by atoms with E-state index in [1.54, 1.807) is 54.7 Å². The number of carbonyl (C=O) groups is 3. The fourth-order valence-electron chi connectivity index (χ4n) is 2.76. The maximum Gasteiger partial charge on any atom is 0.254 e. The zero-order valence-corrected chi connectivity index (χ0v) is 15.0. The molecule has 2 aromatic rings. The number of carbonyl (C=O) groups excluding carboxylic acids is 3. The average Bonchev–Trinajstić information content (AvgIpc) is 3.20. The first kappa shape index (κ1) is 18.7. The van der Waals surface area contributed by atoms with Gasteiger partial charge in [0, 0.05) is 32.1 Å². The van der Waals surface area contributed by atoms with Crippen molar-refractivity contribution in [3.8, 4) is 0 Å². The Morgan fingerprint density at radius 1 is 1.22 bits per heavy atom. The molecule has 0 bridgehead atoms. The van der Waals surface area contributed by atoms with Crippen molar-refractivity contribution in [2.45, 2.75) is 19.4 Å². The summed E-state index contributed by atoms with van der Waals surface area (Å²) in [6.07, 6.45) is 1.92. The molecule has 0 spiro atoms. The quantitative estimate of drug-likeness (QED) is 0.800. The van der Waals surface area contributed by atoms with Crippen LogP contribution in [-0.2, 0) is 20.9 Å². The third-order valence-corrected chi connectivity index (χ3v) is 4.20. The summed E-state index contributed by atoms with van der Waals surface area (Å²) < 4.78 is 10.4. The van der Waals surface area contributed by atoms with Crippen LogP contribution in [0, 0.1) is 0 Å². The van der Waals surface area contributed by atoms with Gasteiger partial charge < -0.3 is 14.1 Å². The van der Waals surface area contributed by atoms with Crippen molar-refractivity contribution in [1.82, 2.24) is 10.3 Å². The number of hydrogen-bond acceptors (Lipinski definition) is 5. The van der Waals surface area contributed by atoms with Gasteiger partial charge >= 0.3 is 0 Å². The summed E-state index contributed by atoms with van der Waals surface area (Å²) >= 11 is 0. The fraction of sp³-hybridized carbons (Fsp3) is 0.316. The van der Waals surface area contributed by atoms with E-state index in [4.69, 9.17) is 9.15 Å². The molecule has 1 aromatic heterocycles. The number of benzene rings is 1. The van der Waals surface area contributed by atoms with Gasteiger partial charge in [-0.3, -0.25) is 19.8 Å². The zero-order valence-electron chi connectivity index (χ0n) is 15.0. The minimum Gasteiger partial charge on any atom is -0.467 e. The number of rotatable bonds is 7. The first-order chi connectivity index (χ1) is 13.1. The maximum atomic E-state index is 12.9. The smallest absolute Gasteiger partial charge is 0.254 e. The van der Waals surface area contributed by atoms with Gasteiger partial charge in [-0.2, -0.15) is 0 Å². The van der Waals surface area contributed by atoms with Crippen LogP contribution in [-0.4, -0.2) is 42.9 Å². The Hall–Kier alpha value is -3.13. The molecule has 3 amide bonds. The summed E-state index contributed by atoms with van der Waals surface area (Å²) in [5.74, 6) is 0.105. The summed E-state index contributed by atoms with van der Waals surface area (Å²) in [5.41, 5.74) is 3.51. The van der Waals surface area contributed by atoms with Gasteiger partial charge in [-0.1, -0.05) is 0 Å². The molecular formula is C19H21N3O5.